The van der Waals surface area contributed by atoms with Crippen LogP contribution in [0.5, 0.6) is 5.95 Å². The maximum atomic E-state index is 10.7. The topological polar surface area (TPSA) is 76.8 Å². The van der Waals surface area contributed by atoms with Gasteiger partial charge >= 0.3 is 0 Å². The first kappa shape index (κ1) is 7.54. The molecule has 1 rings (SSSR count). The van der Waals surface area contributed by atoms with E-state index in [9.17, 15) is 5.11 Å². The van der Waals surface area contributed by atoms with Crippen LogP contribution in [-0.4, -0.2) is 5.27 Å². The fourth-order valence-corrected chi connectivity index (χ4v) is 0.683. The Bertz CT molecular complexity index is 287. The highest BCUT2D eigenvalue weighted by Gasteiger charge is 2.10. The Morgan fingerprint density at radius 1 is 1.82 bits per heavy atom. The zero-order valence-electron chi connectivity index (χ0n) is 6.07. The Hall–Kier alpha value is -1.57. The molecule has 0 N–H and O–H groups in total. The Morgan fingerprint density at radius 3 is 3.00 bits per heavy atom. The third kappa shape index (κ3) is 1.46. The summed E-state index contributed by atoms with van der Waals surface area (Å²) in [6, 6.07) is 1.95. The van der Waals surface area contributed by atoms with Gasteiger partial charge in [0.1, 0.15) is 0 Å². The molecule has 5 nitrogen and oxygen atoms in total. The summed E-state index contributed by atoms with van der Waals surface area (Å²) in [6.07, 6.45) is 0.331. The molecule has 0 saturated carbocycles. The Labute approximate surface area is 63.4 Å². The number of hydrogen-bond acceptors (Lipinski definition) is 4. The van der Waals surface area contributed by atoms with Crippen molar-refractivity contribution >= 4 is 0 Å². The van der Waals surface area contributed by atoms with Crippen molar-refractivity contribution in [1.29, 1.82) is 5.26 Å². The summed E-state index contributed by atoms with van der Waals surface area (Å²) in [5.41, 5.74) is 0.431. The second kappa shape index (κ2) is 3.01. The second-order valence-electron chi connectivity index (χ2n) is 2.08. The minimum absolute atomic E-state index is 0.331. The standard InChI is InChI=1S/C6H7N3O2/c1-5-6(10)11-8-9(5)4-2-3-7/h2,4H2,1H3. The molecular weight excluding hydrogens is 146 g/mol. The molecule has 11 heavy (non-hydrogen) atoms. The summed E-state index contributed by atoms with van der Waals surface area (Å²) < 4.78 is 5.72. The predicted octanol–water partition coefficient (Wildman–Crippen LogP) is -0.742. The monoisotopic (exact) mass is 153 g/mol. The molecule has 0 aliphatic carbocycles. The number of rotatable bonds is 2. The van der Waals surface area contributed by atoms with Crippen LogP contribution in [0.25, 0.3) is 0 Å². The minimum Gasteiger partial charge on any atom is -0.539 e. The molecule has 1 aromatic heterocycles. The van der Waals surface area contributed by atoms with Crippen LogP contribution in [0.2, 0.25) is 0 Å². The van der Waals surface area contributed by atoms with Gasteiger partial charge in [0.25, 0.3) is 0 Å². The fraction of sp³-hybridized carbons (Fsp3) is 0.500. The van der Waals surface area contributed by atoms with Crippen molar-refractivity contribution in [2.75, 3.05) is 0 Å². The quantitative estimate of drug-likeness (QED) is 0.524. The van der Waals surface area contributed by atoms with Gasteiger partial charge in [0.05, 0.1) is 17.8 Å². The second-order valence-corrected chi connectivity index (χ2v) is 2.08. The van der Waals surface area contributed by atoms with E-state index >= 15 is 0 Å². The van der Waals surface area contributed by atoms with Gasteiger partial charge in [-0.1, -0.05) is 4.68 Å². The molecule has 0 aliphatic heterocycles. The first-order chi connectivity index (χ1) is 5.25. The molecule has 0 fully saturated rings. The average molecular weight is 153 g/mol. The van der Waals surface area contributed by atoms with E-state index in [2.05, 4.69) is 9.79 Å². The zero-order chi connectivity index (χ0) is 8.27. The Morgan fingerprint density at radius 2 is 2.55 bits per heavy atom. The van der Waals surface area contributed by atoms with Crippen LogP contribution in [0, 0.1) is 18.3 Å². The van der Waals surface area contributed by atoms with Gasteiger partial charge in [-0.25, -0.2) is 0 Å². The third-order valence-corrected chi connectivity index (χ3v) is 1.34. The van der Waals surface area contributed by atoms with Gasteiger partial charge in [-0.05, 0) is 0 Å². The van der Waals surface area contributed by atoms with Crippen molar-refractivity contribution in [3.63, 3.8) is 0 Å². The lowest BCUT2D eigenvalue weighted by Gasteiger charge is -1.86. The van der Waals surface area contributed by atoms with E-state index in [1.165, 1.54) is 4.68 Å². The Kier molecular flexibility index (Phi) is 2.06. The van der Waals surface area contributed by atoms with Gasteiger partial charge < -0.3 is 9.63 Å². The van der Waals surface area contributed by atoms with E-state index in [-0.39, 0.29) is 0 Å². The Balaban J connectivity index is 2.72. The van der Waals surface area contributed by atoms with Crippen LogP contribution in [0.15, 0.2) is 4.52 Å². The van der Waals surface area contributed by atoms with Gasteiger partial charge in [-0.2, -0.15) is 5.26 Å². The van der Waals surface area contributed by atoms with Crippen molar-refractivity contribution in [1.82, 2.24) is 5.27 Å². The molecule has 0 amide bonds. The molecule has 1 heterocycles. The third-order valence-electron chi connectivity index (χ3n) is 1.34. The van der Waals surface area contributed by atoms with Crippen LogP contribution >= 0.6 is 0 Å². The first-order valence-electron chi connectivity index (χ1n) is 3.16. The highest BCUT2D eigenvalue weighted by Crippen LogP contribution is 2.03. The molecule has 0 aromatic carbocycles. The summed E-state index contributed by atoms with van der Waals surface area (Å²) in [5.74, 6) is -0.442. The number of aryl methyl sites for hydroxylation is 1. The normalized spacial score (nSPS) is 9.45. The smallest absolute Gasteiger partial charge is 0.230 e. The van der Waals surface area contributed by atoms with Crippen LogP contribution in [0.3, 0.4) is 0 Å². The molecule has 0 bridgehead atoms. The van der Waals surface area contributed by atoms with Gasteiger partial charge in [0.2, 0.25) is 5.69 Å². The van der Waals surface area contributed by atoms with Crippen LogP contribution in [0.4, 0.5) is 0 Å². The van der Waals surface area contributed by atoms with Gasteiger partial charge in [-0.15, -0.1) is 0 Å². The maximum Gasteiger partial charge on any atom is 0.230 e. The van der Waals surface area contributed by atoms with Gasteiger partial charge in [0, 0.05) is 6.92 Å². The first-order valence-corrected chi connectivity index (χ1v) is 3.16. The number of nitriles is 1. The lowest BCUT2D eigenvalue weighted by molar-refractivity contribution is -0.766. The van der Waals surface area contributed by atoms with E-state index in [4.69, 9.17) is 5.26 Å². The average Bonchev–Trinajstić information content (AvgIpc) is 2.31. The van der Waals surface area contributed by atoms with Gasteiger partial charge in [0.15, 0.2) is 12.5 Å². The lowest BCUT2D eigenvalue weighted by atomic mass is 10.4. The van der Waals surface area contributed by atoms with Crippen molar-refractivity contribution in [2.45, 2.75) is 19.9 Å². The SMILES string of the molecule is Cc1c([O-])on[n+]1CCC#N. The highest BCUT2D eigenvalue weighted by atomic mass is 16.6. The van der Waals surface area contributed by atoms with Crippen molar-refractivity contribution in [2.24, 2.45) is 0 Å². The number of nitrogens with zero attached hydrogens (tertiary/aromatic N) is 3. The number of hydrogen-bond donors (Lipinski definition) is 0. The van der Waals surface area contributed by atoms with E-state index in [1.54, 1.807) is 6.92 Å². The van der Waals surface area contributed by atoms with Crippen LogP contribution < -0.4 is 9.79 Å². The lowest BCUT2D eigenvalue weighted by Crippen LogP contribution is -2.38. The van der Waals surface area contributed by atoms with Crippen LogP contribution in [-0.2, 0) is 6.54 Å². The molecule has 0 saturated heterocycles. The van der Waals surface area contributed by atoms with Crippen LogP contribution in [0.1, 0.15) is 12.1 Å². The molecule has 0 radical (unpaired) electrons. The molecule has 5 heteroatoms. The fourth-order valence-electron chi connectivity index (χ4n) is 0.683. The molecule has 58 valence electrons. The number of aromatic nitrogens is 2. The highest BCUT2D eigenvalue weighted by molar-refractivity contribution is 4.98. The summed E-state index contributed by atoms with van der Waals surface area (Å²) in [5, 5.41) is 22.3. The molecule has 0 spiro atoms. The summed E-state index contributed by atoms with van der Waals surface area (Å²) in [7, 11) is 0. The molecule has 0 unspecified atom stereocenters. The van der Waals surface area contributed by atoms with Crippen molar-refractivity contribution < 1.29 is 14.3 Å². The molecule has 0 aliphatic rings. The van der Waals surface area contributed by atoms with E-state index in [0.717, 1.165) is 0 Å². The van der Waals surface area contributed by atoms with Gasteiger partial charge in [-0.3, -0.25) is 0 Å². The summed E-state index contributed by atoms with van der Waals surface area (Å²) >= 11 is 0. The maximum absolute atomic E-state index is 10.7. The van der Waals surface area contributed by atoms with Crippen molar-refractivity contribution in [3.8, 4) is 12.0 Å². The van der Waals surface area contributed by atoms with E-state index in [1.807, 2.05) is 6.07 Å². The largest absolute Gasteiger partial charge is 0.539 e. The summed E-state index contributed by atoms with van der Waals surface area (Å²) in [4.78, 5) is 0. The predicted molar refractivity (Wildman–Crippen MR) is 31.1 cm³/mol. The van der Waals surface area contributed by atoms with E-state index in [0.29, 0.717) is 18.7 Å². The van der Waals surface area contributed by atoms with E-state index < -0.39 is 5.95 Å². The zero-order valence-corrected chi connectivity index (χ0v) is 6.07. The molecule has 1 aromatic rings. The molecule has 0 atom stereocenters. The van der Waals surface area contributed by atoms with Crippen molar-refractivity contribution in [3.05, 3.63) is 5.69 Å². The summed E-state index contributed by atoms with van der Waals surface area (Å²) in [6.45, 7) is 2.02. The minimum atomic E-state index is -0.442. The molecular formula is C6H7N3O2.